The number of thioether (sulfide) groups is 1. The Kier molecular flexibility index (Phi) is 8.57. The van der Waals surface area contributed by atoms with Crippen LogP contribution in [0.3, 0.4) is 0 Å². The second-order valence-corrected chi connectivity index (χ2v) is 10.7. The highest BCUT2D eigenvalue weighted by Gasteiger charge is 2.24. The Morgan fingerprint density at radius 3 is 2.56 bits per heavy atom. The largest absolute Gasteiger partial charge is 0.490 e. The van der Waals surface area contributed by atoms with Crippen molar-refractivity contribution < 1.29 is 14.3 Å². The molecule has 0 aliphatic carbocycles. The lowest BCUT2D eigenvalue weighted by atomic mass is 10.2. The summed E-state index contributed by atoms with van der Waals surface area (Å²) in [7, 11) is 0. The van der Waals surface area contributed by atoms with Crippen molar-refractivity contribution in [1.29, 1.82) is 0 Å². The molecular formula is C25H19BrClIN2O3S. The number of nitrogens with one attached hydrogen (secondary N) is 1. The molecule has 5 nitrogen and oxygen atoms in total. The Bertz CT molecular complexity index is 1260. The van der Waals surface area contributed by atoms with Crippen LogP contribution in [0.25, 0.3) is 6.08 Å². The number of rotatable bonds is 7. The number of ether oxygens (including phenoxy) is 2. The van der Waals surface area contributed by atoms with Gasteiger partial charge in [0.05, 0.1) is 20.8 Å². The van der Waals surface area contributed by atoms with Crippen molar-refractivity contribution in [1.82, 2.24) is 5.32 Å². The molecule has 0 bridgehead atoms. The third kappa shape index (κ3) is 6.56. The monoisotopic (exact) mass is 668 g/mol. The summed E-state index contributed by atoms with van der Waals surface area (Å²) in [6, 6.07) is 19.0. The van der Waals surface area contributed by atoms with Crippen molar-refractivity contribution >= 4 is 84.7 Å². The number of hydrogen-bond donors (Lipinski definition) is 1. The molecule has 1 heterocycles. The number of amidine groups is 1. The average molecular weight is 670 g/mol. The Labute approximate surface area is 229 Å². The van der Waals surface area contributed by atoms with Crippen molar-refractivity contribution in [2.45, 2.75) is 13.5 Å². The van der Waals surface area contributed by atoms with Gasteiger partial charge < -0.3 is 14.8 Å². The molecule has 1 N–H and O–H groups in total. The van der Waals surface area contributed by atoms with E-state index in [0.29, 0.717) is 45.5 Å². The third-order valence-corrected chi connectivity index (χ3v) is 7.13. The minimum absolute atomic E-state index is 0.193. The van der Waals surface area contributed by atoms with Gasteiger partial charge in [-0.15, -0.1) is 0 Å². The zero-order chi connectivity index (χ0) is 24.1. The van der Waals surface area contributed by atoms with Crippen LogP contribution in [-0.2, 0) is 11.4 Å². The van der Waals surface area contributed by atoms with Gasteiger partial charge in [-0.05, 0) is 107 Å². The number of carbonyl (C=O) groups excluding carboxylic acids is 1. The van der Waals surface area contributed by atoms with Gasteiger partial charge in [-0.2, -0.15) is 0 Å². The van der Waals surface area contributed by atoms with E-state index in [1.54, 1.807) is 24.3 Å². The van der Waals surface area contributed by atoms with E-state index in [9.17, 15) is 4.79 Å². The van der Waals surface area contributed by atoms with Gasteiger partial charge in [-0.1, -0.05) is 39.7 Å². The minimum Gasteiger partial charge on any atom is -0.490 e. The predicted molar refractivity (Wildman–Crippen MR) is 151 cm³/mol. The number of benzene rings is 3. The summed E-state index contributed by atoms with van der Waals surface area (Å²) < 4.78 is 13.9. The molecular weight excluding hydrogens is 651 g/mol. The van der Waals surface area contributed by atoms with E-state index < -0.39 is 0 Å². The fourth-order valence-corrected chi connectivity index (χ4v) is 5.09. The van der Waals surface area contributed by atoms with Crippen molar-refractivity contribution in [3.63, 3.8) is 0 Å². The molecule has 0 aromatic heterocycles. The summed E-state index contributed by atoms with van der Waals surface area (Å²) in [5.74, 6) is 1.12. The van der Waals surface area contributed by atoms with E-state index in [-0.39, 0.29) is 5.91 Å². The Morgan fingerprint density at radius 2 is 1.85 bits per heavy atom. The van der Waals surface area contributed by atoms with E-state index in [4.69, 9.17) is 21.1 Å². The number of nitrogens with zero attached hydrogens (tertiary/aromatic N) is 1. The lowest BCUT2D eigenvalue weighted by molar-refractivity contribution is -0.115. The molecule has 1 aliphatic rings. The smallest absolute Gasteiger partial charge is 0.264 e. The van der Waals surface area contributed by atoms with Crippen LogP contribution in [-0.4, -0.2) is 17.7 Å². The Morgan fingerprint density at radius 1 is 1.12 bits per heavy atom. The summed E-state index contributed by atoms with van der Waals surface area (Å²) in [4.78, 5) is 17.5. The molecule has 1 aliphatic heterocycles. The van der Waals surface area contributed by atoms with Gasteiger partial charge in [-0.25, -0.2) is 4.99 Å². The number of amides is 1. The third-order valence-electron chi connectivity index (χ3n) is 4.63. The summed E-state index contributed by atoms with van der Waals surface area (Å²) in [5.41, 5.74) is 2.61. The highest BCUT2D eigenvalue weighted by atomic mass is 127. The second kappa shape index (κ2) is 11.6. The first-order chi connectivity index (χ1) is 16.4. The molecule has 34 heavy (non-hydrogen) atoms. The van der Waals surface area contributed by atoms with E-state index in [1.807, 2.05) is 49.4 Å². The quantitative estimate of drug-likeness (QED) is 0.208. The highest BCUT2D eigenvalue weighted by molar-refractivity contribution is 14.1. The van der Waals surface area contributed by atoms with E-state index in [2.05, 4.69) is 48.8 Å². The van der Waals surface area contributed by atoms with Crippen LogP contribution in [0.5, 0.6) is 11.5 Å². The number of aliphatic imine (C=N–C) groups is 1. The highest BCUT2D eigenvalue weighted by Crippen LogP contribution is 2.37. The molecule has 0 radical (unpaired) electrons. The van der Waals surface area contributed by atoms with Crippen LogP contribution in [0, 0.1) is 3.57 Å². The van der Waals surface area contributed by atoms with Crippen LogP contribution < -0.4 is 14.8 Å². The van der Waals surface area contributed by atoms with E-state index >= 15 is 0 Å². The second-order valence-electron chi connectivity index (χ2n) is 7.14. The molecule has 0 atom stereocenters. The van der Waals surface area contributed by atoms with Crippen molar-refractivity contribution in [2.75, 3.05) is 6.61 Å². The SMILES string of the molecule is CCOc1cc(/C=C2\SC(=Nc3ccc(Cl)cc3)NC2=O)cc(I)c1OCc1ccc(Br)cc1. The average Bonchev–Trinajstić information content (AvgIpc) is 3.14. The van der Waals surface area contributed by atoms with Gasteiger partial charge in [-0.3, -0.25) is 4.79 Å². The van der Waals surface area contributed by atoms with E-state index in [1.165, 1.54) is 11.8 Å². The minimum atomic E-state index is -0.193. The zero-order valence-electron chi connectivity index (χ0n) is 18.0. The normalized spacial score (nSPS) is 15.6. The first-order valence-corrected chi connectivity index (χ1v) is 13.4. The van der Waals surface area contributed by atoms with Crippen LogP contribution in [0.2, 0.25) is 5.02 Å². The topological polar surface area (TPSA) is 59.9 Å². The van der Waals surface area contributed by atoms with Gasteiger partial charge in [0.2, 0.25) is 0 Å². The lowest BCUT2D eigenvalue weighted by Gasteiger charge is -2.15. The molecule has 3 aromatic rings. The van der Waals surface area contributed by atoms with Crippen molar-refractivity contribution in [2.24, 2.45) is 4.99 Å². The number of carbonyl (C=O) groups is 1. The summed E-state index contributed by atoms with van der Waals surface area (Å²) >= 11 is 12.9. The zero-order valence-corrected chi connectivity index (χ0v) is 23.3. The van der Waals surface area contributed by atoms with E-state index in [0.717, 1.165) is 19.2 Å². The first-order valence-electron chi connectivity index (χ1n) is 10.3. The predicted octanol–water partition coefficient (Wildman–Crippen LogP) is 7.58. The van der Waals surface area contributed by atoms with Crippen LogP contribution in [0.4, 0.5) is 5.69 Å². The van der Waals surface area contributed by atoms with Crippen molar-refractivity contribution in [3.05, 3.63) is 89.8 Å². The van der Waals surface area contributed by atoms with Crippen LogP contribution in [0.15, 0.2) is 75.0 Å². The molecule has 1 fully saturated rings. The molecule has 4 rings (SSSR count). The van der Waals surface area contributed by atoms with Gasteiger partial charge in [0.1, 0.15) is 6.61 Å². The standard InChI is InChI=1S/C25H19BrClIN2O3S/c1-2-32-21-12-16(11-20(28)23(21)33-14-15-3-5-17(26)6-4-15)13-22-24(31)30-25(34-22)29-19-9-7-18(27)8-10-19/h3-13H,2,14H2,1H3,(H,29,30,31)/b22-13-. The Hall–Kier alpha value is -2.01. The lowest BCUT2D eigenvalue weighted by Crippen LogP contribution is -2.19. The molecule has 1 amide bonds. The van der Waals surface area contributed by atoms with Crippen LogP contribution >= 0.6 is 61.9 Å². The molecule has 3 aromatic carbocycles. The van der Waals surface area contributed by atoms with Crippen LogP contribution in [0.1, 0.15) is 18.1 Å². The molecule has 0 unspecified atom stereocenters. The maximum Gasteiger partial charge on any atom is 0.264 e. The Balaban J connectivity index is 1.54. The van der Waals surface area contributed by atoms with Gasteiger partial charge in [0.25, 0.3) is 5.91 Å². The molecule has 174 valence electrons. The molecule has 0 spiro atoms. The van der Waals surface area contributed by atoms with Gasteiger partial charge in [0, 0.05) is 9.50 Å². The summed E-state index contributed by atoms with van der Waals surface area (Å²) in [5, 5.41) is 3.96. The fraction of sp³-hybridized carbons (Fsp3) is 0.120. The molecule has 1 saturated heterocycles. The molecule has 9 heteroatoms. The maximum atomic E-state index is 12.5. The van der Waals surface area contributed by atoms with Gasteiger partial charge in [0.15, 0.2) is 16.7 Å². The molecule has 0 saturated carbocycles. The number of halogens is 3. The summed E-state index contributed by atoms with van der Waals surface area (Å²) in [6.07, 6.45) is 1.83. The summed E-state index contributed by atoms with van der Waals surface area (Å²) in [6.45, 7) is 2.85. The first kappa shape index (κ1) is 25.1. The van der Waals surface area contributed by atoms with Gasteiger partial charge >= 0.3 is 0 Å². The maximum absolute atomic E-state index is 12.5. The number of hydrogen-bond acceptors (Lipinski definition) is 5. The fourth-order valence-electron chi connectivity index (χ4n) is 3.08. The van der Waals surface area contributed by atoms with Crippen molar-refractivity contribution in [3.8, 4) is 11.5 Å².